The Labute approximate surface area is 212 Å². The molecule has 35 heavy (non-hydrogen) atoms. The molecule has 0 spiro atoms. The van der Waals surface area contributed by atoms with Crippen molar-refractivity contribution >= 4 is 27.7 Å². The van der Waals surface area contributed by atoms with E-state index in [-0.39, 0.29) is 24.8 Å². The quantitative estimate of drug-likeness (QED) is 0.576. The van der Waals surface area contributed by atoms with Gasteiger partial charge < -0.3 is 9.64 Å². The van der Waals surface area contributed by atoms with Gasteiger partial charge in [-0.3, -0.25) is 4.90 Å². The molecule has 2 fully saturated rings. The van der Waals surface area contributed by atoms with Crippen molar-refractivity contribution in [2.24, 2.45) is 0 Å². The first-order valence-electron chi connectivity index (χ1n) is 12.3. The summed E-state index contributed by atoms with van der Waals surface area (Å²) in [7, 11) is -1.49. The van der Waals surface area contributed by atoms with Gasteiger partial charge in [-0.15, -0.1) is 0 Å². The van der Waals surface area contributed by atoms with E-state index in [2.05, 4.69) is 36.2 Å². The molecule has 0 aromatic heterocycles. The topological polar surface area (TPSA) is 70.2 Å². The van der Waals surface area contributed by atoms with Crippen LogP contribution in [0.3, 0.4) is 0 Å². The third-order valence-electron chi connectivity index (χ3n) is 7.59. The van der Waals surface area contributed by atoms with Crippen LogP contribution >= 0.6 is 11.6 Å². The van der Waals surface area contributed by atoms with E-state index in [9.17, 15) is 13.2 Å². The molecule has 3 heterocycles. The highest BCUT2D eigenvalue weighted by atomic mass is 35.5. The molecular formula is C26H32ClN3O4S. The van der Waals surface area contributed by atoms with E-state index in [0.717, 1.165) is 37.8 Å². The normalized spacial score (nSPS) is 24.3. The SMILES string of the molecule is CN(Cc1ccccc1)C1CCN(C(=O)OC[C@H]2CCC[C@H]3c4cc(Cl)ccc4S(=O)(=O)N23)CC1. The van der Waals surface area contributed by atoms with Gasteiger partial charge in [0.05, 0.1) is 17.0 Å². The fraction of sp³-hybridized carbons (Fsp3) is 0.500. The molecule has 0 saturated carbocycles. The number of piperidine rings is 2. The number of hydrogen-bond acceptors (Lipinski definition) is 5. The Morgan fingerprint density at radius 1 is 1.09 bits per heavy atom. The Morgan fingerprint density at radius 2 is 1.83 bits per heavy atom. The van der Waals surface area contributed by atoms with Crippen molar-refractivity contribution in [3.05, 3.63) is 64.7 Å². The maximum absolute atomic E-state index is 13.2. The summed E-state index contributed by atoms with van der Waals surface area (Å²) >= 11 is 6.15. The number of ether oxygens (including phenoxy) is 1. The molecule has 188 valence electrons. The highest BCUT2D eigenvalue weighted by Gasteiger charge is 2.48. The van der Waals surface area contributed by atoms with Gasteiger partial charge in [0.25, 0.3) is 0 Å². The zero-order valence-corrected chi connectivity index (χ0v) is 21.5. The van der Waals surface area contributed by atoms with Gasteiger partial charge in [0, 0.05) is 30.7 Å². The van der Waals surface area contributed by atoms with Gasteiger partial charge in [-0.25, -0.2) is 13.2 Å². The molecule has 2 aromatic rings. The van der Waals surface area contributed by atoms with E-state index >= 15 is 0 Å². The van der Waals surface area contributed by atoms with Gasteiger partial charge >= 0.3 is 6.09 Å². The standard InChI is InChI=1S/C26H32ClN3O4S/c1-28(17-19-6-3-2-4-7-19)21-12-14-29(15-13-21)26(31)34-18-22-8-5-9-24-23-16-20(27)10-11-25(23)35(32,33)30(22)24/h2-4,6-7,10-11,16,21-22,24H,5,8-9,12-15,17-18H2,1H3/t22-,24+/m1/s1. The van der Waals surface area contributed by atoms with Crippen LogP contribution in [0.5, 0.6) is 0 Å². The van der Waals surface area contributed by atoms with Crippen LogP contribution in [0.15, 0.2) is 53.4 Å². The number of amides is 1. The predicted octanol–water partition coefficient (Wildman–Crippen LogP) is 4.67. The van der Waals surface area contributed by atoms with Crippen LogP contribution < -0.4 is 0 Å². The van der Waals surface area contributed by atoms with Gasteiger partial charge in [-0.2, -0.15) is 4.31 Å². The molecule has 2 aromatic carbocycles. The summed E-state index contributed by atoms with van der Waals surface area (Å²) < 4.78 is 33.7. The lowest BCUT2D eigenvalue weighted by molar-refractivity contribution is 0.0508. The van der Waals surface area contributed by atoms with Gasteiger partial charge in [0.2, 0.25) is 10.0 Å². The molecule has 5 rings (SSSR count). The second-order valence-corrected chi connectivity index (χ2v) is 12.1. The number of halogens is 1. The summed E-state index contributed by atoms with van der Waals surface area (Å²) in [6.07, 6.45) is 3.73. The molecule has 7 nitrogen and oxygen atoms in total. The number of likely N-dealkylation sites (tertiary alicyclic amines) is 1. The number of hydrogen-bond donors (Lipinski definition) is 0. The zero-order chi connectivity index (χ0) is 24.6. The summed E-state index contributed by atoms with van der Waals surface area (Å²) in [5.74, 6) is 0. The van der Waals surface area contributed by atoms with E-state index in [4.69, 9.17) is 16.3 Å². The van der Waals surface area contributed by atoms with Crippen molar-refractivity contribution < 1.29 is 17.9 Å². The number of carbonyl (C=O) groups excluding carboxylic acids is 1. The van der Waals surface area contributed by atoms with Crippen LogP contribution in [-0.4, -0.2) is 67.4 Å². The molecule has 1 amide bonds. The predicted molar refractivity (Wildman–Crippen MR) is 135 cm³/mol. The van der Waals surface area contributed by atoms with Gasteiger partial charge in [-0.1, -0.05) is 41.9 Å². The highest BCUT2D eigenvalue weighted by Crippen LogP contribution is 2.47. The van der Waals surface area contributed by atoms with Crippen molar-refractivity contribution in [1.82, 2.24) is 14.1 Å². The van der Waals surface area contributed by atoms with Crippen LogP contribution in [0.2, 0.25) is 5.02 Å². The van der Waals surface area contributed by atoms with Crippen molar-refractivity contribution in [2.45, 2.75) is 61.7 Å². The van der Waals surface area contributed by atoms with Crippen molar-refractivity contribution in [2.75, 3.05) is 26.7 Å². The molecule has 2 atom stereocenters. The molecule has 0 aliphatic carbocycles. The van der Waals surface area contributed by atoms with Crippen LogP contribution in [0.4, 0.5) is 4.79 Å². The summed E-state index contributed by atoms with van der Waals surface area (Å²) in [6, 6.07) is 15.2. The fourth-order valence-corrected chi connectivity index (χ4v) is 8.00. The molecule has 0 N–H and O–H groups in total. The molecule has 0 radical (unpaired) electrons. The molecule has 3 aliphatic rings. The molecule has 0 bridgehead atoms. The van der Waals surface area contributed by atoms with Crippen LogP contribution in [-0.2, 0) is 21.3 Å². The Morgan fingerprint density at radius 3 is 2.57 bits per heavy atom. The number of rotatable bonds is 5. The highest BCUT2D eigenvalue weighted by molar-refractivity contribution is 7.89. The van der Waals surface area contributed by atoms with Gasteiger partial charge in [0.1, 0.15) is 6.61 Å². The first-order chi connectivity index (χ1) is 16.8. The second-order valence-electron chi connectivity index (χ2n) is 9.81. The number of nitrogens with zero attached hydrogens (tertiary/aromatic N) is 3. The smallest absolute Gasteiger partial charge is 0.409 e. The Balaban J connectivity index is 1.15. The van der Waals surface area contributed by atoms with Crippen molar-refractivity contribution in [3.63, 3.8) is 0 Å². The lowest BCUT2D eigenvalue weighted by Crippen LogP contribution is -2.47. The molecular weight excluding hydrogens is 486 g/mol. The van der Waals surface area contributed by atoms with Crippen molar-refractivity contribution in [3.8, 4) is 0 Å². The average molecular weight is 518 g/mol. The van der Waals surface area contributed by atoms with E-state index in [1.54, 1.807) is 27.4 Å². The van der Waals surface area contributed by atoms with Crippen LogP contribution in [0, 0.1) is 0 Å². The Hall–Kier alpha value is -2.13. The number of carbonyl (C=O) groups is 1. The van der Waals surface area contributed by atoms with Crippen LogP contribution in [0.1, 0.15) is 49.3 Å². The number of fused-ring (bicyclic) bond motifs is 3. The average Bonchev–Trinajstić information content (AvgIpc) is 3.09. The molecule has 9 heteroatoms. The fourth-order valence-electron chi connectivity index (χ4n) is 5.75. The lowest BCUT2D eigenvalue weighted by Gasteiger charge is -2.38. The van der Waals surface area contributed by atoms with Crippen molar-refractivity contribution in [1.29, 1.82) is 0 Å². The van der Waals surface area contributed by atoms with E-state index in [1.807, 2.05) is 6.07 Å². The Bertz CT molecular complexity index is 1170. The summed E-state index contributed by atoms with van der Waals surface area (Å²) in [4.78, 5) is 17.3. The minimum Gasteiger partial charge on any atom is -0.448 e. The first-order valence-corrected chi connectivity index (χ1v) is 14.2. The summed E-state index contributed by atoms with van der Waals surface area (Å²) in [6.45, 7) is 2.24. The number of sulfonamides is 1. The van der Waals surface area contributed by atoms with E-state index in [1.165, 1.54) is 5.56 Å². The zero-order valence-electron chi connectivity index (χ0n) is 20.0. The third-order valence-corrected chi connectivity index (χ3v) is 9.86. The van der Waals surface area contributed by atoms with E-state index < -0.39 is 10.0 Å². The molecule has 3 aliphatic heterocycles. The molecule has 0 unspecified atom stereocenters. The van der Waals surface area contributed by atoms with E-state index in [0.29, 0.717) is 35.5 Å². The number of benzene rings is 2. The monoisotopic (exact) mass is 517 g/mol. The molecule has 2 saturated heterocycles. The third kappa shape index (κ3) is 4.94. The summed E-state index contributed by atoms with van der Waals surface area (Å²) in [5, 5.41) is 0.534. The Kier molecular flexibility index (Phi) is 7.08. The minimum atomic E-state index is -3.62. The largest absolute Gasteiger partial charge is 0.448 e. The minimum absolute atomic E-state index is 0.0735. The second kappa shape index (κ2) is 10.1. The van der Waals surface area contributed by atoms with Gasteiger partial charge in [0.15, 0.2) is 0 Å². The maximum atomic E-state index is 13.2. The van der Waals surface area contributed by atoms with Crippen LogP contribution in [0.25, 0.3) is 0 Å². The van der Waals surface area contributed by atoms with Gasteiger partial charge in [-0.05, 0) is 68.5 Å². The summed E-state index contributed by atoms with van der Waals surface area (Å²) in [5.41, 5.74) is 2.04. The lowest BCUT2D eigenvalue weighted by atomic mass is 9.94. The first kappa shape index (κ1) is 24.6. The maximum Gasteiger partial charge on any atom is 0.409 e.